The predicted molar refractivity (Wildman–Crippen MR) is 318 cm³/mol. The summed E-state index contributed by atoms with van der Waals surface area (Å²) >= 11 is 0. The topological polar surface area (TPSA) is 175 Å². The molecular weight excluding hydrogens is 1070 g/mol. The van der Waals surface area contributed by atoms with E-state index in [1.54, 1.807) is 31.9 Å². The van der Waals surface area contributed by atoms with Gasteiger partial charge in [0.1, 0.15) is 19.0 Å². The molecule has 0 aromatic heterocycles. The largest absolute Gasteiger partial charge is 0.493 e. The highest BCUT2D eigenvalue weighted by Gasteiger charge is 2.39. The first-order valence-electron chi connectivity index (χ1n) is 27.8. The maximum Gasteiger partial charge on any atom is 0.307 e. The minimum Gasteiger partial charge on any atom is -0.493 e. The number of aryl methyl sites for hydroxylation is 3. The zero-order chi connectivity index (χ0) is 57.0. The number of carbonyl (C=O) groups is 4. The Bertz CT molecular complexity index is 3100. The van der Waals surface area contributed by atoms with E-state index in [1.165, 1.54) is 28.1 Å². The van der Waals surface area contributed by atoms with Gasteiger partial charge in [-0.15, -0.1) is 0 Å². The second-order valence-electron chi connectivity index (χ2n) is 21.6. The summed E-state index contributed by atoms with van der Waals surface area (Å²) in [6.07, 6.45) is 6.04. The van der Waals surface area contributed by atoms with Gasteiger partial charge in [-0.1, -0.05) is 63.1 Å². The molecule has 0 spiro atoms. The van der Waals surface area contributed by atoms with Crippen molar-refractivity contribution in [2.75, 3.05) is 87.4 Å². The predicted octanol–water partition coefficient (Wildman–Crippen LogP) is 10.5. The van der Waals surface area contributed by atoms with Crippen LogP contribution in [0, 0.1) is 12.8 Å². The van der Waals surface area contributed by atoms with Crippen molar-refractivity contribution in [2.24, 2.45) is 11.1 Å². The number of carboxylic acid groups (broad SMARTS) is 1. The number of Topliss-reactive ketones (excluding diaryl/α,β-unsaturated/α-hetero) is 1. The molecule has 5 aromatic rings. The van der Waals surface area contributed by atoms with Crippen LogP contribution in [0.5, 0.6) is 17.2 Å². The number of ether oxygens (including phenoxy) is 6. The normalized spacial score (nSPS) is 16.6. The van der Waals surface area contributed by atoms with Gasteiger partial charge in [0.2, 0.25) is 0 Å². The van der Waals surface area contributed by atoms with E-state index in [0.29, 0.717) is 80.9 Å². The number of amides is 2. The average molecular weight is 1140 g/mol. The van der Waals surface area contributed by atoms with Crippen molar-refractivity contribution < 1.29 is 57.5 Å². The van der Waals surface area contributed by atoms with Gasteiger partial charge in [-0.3, -0.25) is 19.2 Å². The number of methoxy groups -OCH3 is 2. The van der Waals surface area contributed by atoms with E-state index in [9.17, 15) is 24.3 Å². The number of para-hydroxylation sites is 2. The van der Waals surface area contributed by atoms with Crippen molar-refractivity contribution in [1.82, 2.24) is 0 Å². The van der Waals surface area contributed by atoms with Gasteiger partial charge in [0.25, 0.3) is 11.8 Å². The van der Waals surface area contributed by atoms with E-state index in [-0.39, 0.29) is 61.7 Å². The number of rotatable bonds is 29. The number of benzene rings is 5. The molecule has 5 aromatic carbocycles. The van der Waals surface area contributed by atoms with Crippen molar-refractivity contribution in [3.05, 3.63) is 141 Å². The molecule has 1 N–H and O–H groups in total. The monoisotopic (exact) mass is 1140 g/mol. The summed E-state index contributed by atoms with van der Waals surface area (Å²) in [4.78, 5) is 64.7. The molecule has 0 fully saturated rings. The molecule has 0 radical (unpaired) electrons. The molecule has 0 aliphatic carbocycles. The first-order valence-corrected chi connectivity index (χ1v) is 30.2. The van der Waals surface area contributed by atoms with E-state index in [0.717, 1.165) is 77.0 Å². The maximum absolute atomic E-state index is 14.3. The molecule has 81 heavy (non-hydrogen) atoms. The van der Waals surface area contributed by atoms with Crippen LogP contribution in [-0.4, -0.2) is 124 Å². The summed E-state index contributed by atoms with van der Waals surface area (Å²) in [6.45, 7) is 11.1. The maximum atomic E-state index is 14.3. The minimum atomic E-state index is -1.04. The van der Waals surface area contributed by atoms with Gasteiger partial charge in [-0.05, 0) is 160 Å². The minimum absolute atomic E-state index is 0.0239. The molecular formula is C63H74N4O12S2. The quantitative estimate of drug-likeness (QED) is 0.0207. The zero-order valence-corrected chi connectivity index (χ0v) is 48.9. The van der Waals surface area contributed by atoms with Crippen LogP contribution >= 0.6 is 21.6 Å². The highest BCUT2D eigenvalue weighted by atomic mass is 33.1. The van der Waals surface area contributed by atoms with Gasteiger partial charge in [0.15, 0.2) is 23.9 Å². The first-order chi connectivity index (χ1) is 39.2. The Labute approximate surface area is 483 Å². The van der Waals surface area contributed by atoms with Crippen LogP contribution in [0.4, 0.5) is 17.1 Å². The molecule has 430 valence electrons. The number of carbonyl (C=O) groups excluding carboxylic acids is 3. The lowest BCUT2D eigenvalue weighted by Gasteiger charge is -2.34. The molecule has 0 saturated carbocycles. The molecule has 1 unspecified atom stereocenters. The van der Waals surface area contributed by atoms with Crippen LogP contribution in [0.25, 0.3) is 0 Å². The van der Waals surface area contributed by atoms with Crippen LogP contribution in [-0.2, 0) is 67.5 Å². The van der Waals surface area contributed by atoms with Crippen molar-refractivity contribution in [3.63, 3.8) is 0 Å². The molecule has 4 heterocycles. The lowest BCUT2D eigenvalue weighted by molar-refractivity contribution is -0.143. The fourth-order valence-corrected chi connectivity index (χ4v) is 14.1. The molecule has 3 atom stereocenters. The number of fused-ring (bicyclic) bond motifs is 8. The molecule has 4 aliphatic heterocycles. The fraction of sp³-hybridized carbons (Fsp3) is 0.444. The molecule has 2 amide bonds. The number of anilines is 3. The van der Waals surface area contributed by atoms with Gasteiger partial charge >= 0.3 is 5.97 Å². The summed E-state index contributed by atoms with van der Waals surface area (Å²) in [5, 5.41) is 13.7. The third kappa shape index (κ3) is 14.6. The molecule has 0 saturated heterocycles. The van der Waals surface area contributed by atoms with Gasteiger partial charge in [-0.25, -0.2) is 0 Å². The SMILES string of the molecule is CC=NOCC(=O)CC(CSSC(C)(C)CN(CCOCCOCCOC)c1cc(COc2cc3c(cc2C)C(=O)N2c4ccccc4C[C@H]2CC3)cc(COc2cc3c(cc2OC)C(=O)N2c4ccccc4C[C@H]2CC3)c1)C(=O)O. The van der Waals surface area contributed by atoms with E-state index in [4.69, 9.17) is 33.3 Å². The second-order valence-corrected chi connectivity index (χ2v) is 24.7. The summed E-state index contributed by atoms with van der Waals surface area (Å²) in [6, 6.07) is 30.6. The number of hydrogen-bond acceptors (Lipinski definition) is 15. The third-order valence-electron chi connectivity index (χ3n) is 15.2. The Morgan fingerprint density at radius 3 is 1.94 bits per heavy atom. The van der Waals surface area contributed by atoms with Crippen LogP contribution < -0.4 is 28.9 Å². The lowest BCUT2D eigenvalue weighted by Crippen LogP contribution is -2.38. The summed E-state index contributed by atoms with van der Waals surface area (Å²) < 4.78 is 36.0. The highest BCUT2D eigenvalue weighted by Crippen LogP contribution is 2.43. The lowest BCUT2D eigenvalue weighted by atomic mass is 9.98. The first kappa shape index (κ1) is 59.1. The van der Waals surface area contributed by atoms with Crippen LogP contribution in [0.1, 0.15) is 99.7 Å². The average Bonchev–Trinajstić information content (AvgIpc) is 4.04. The number of nitrogens with zero attached hydrogens (tertiary/aromatic N) is 4. The number of aliphatic carboxylic acids is 1. The summed E-state index contributed by atoms with van der Waals surface area (Å²) in [7, 11) is 6.21. The molecule has 9 rings (SSSR count). The molecule has 18 heteroatoms. The number of oxime groups is 1. The van der Waals surface area contributed by atoms with Gasteiger partial charge in [-0.2, -0.15) is 0 Å². The summed E-state index contributed by atoms with van der Waals surface area (Å²) in [5.41, 5.74) is 11.1. The molecule has 16 nitrogen and oxygen atoms in total. The van der Waals surface area contributed by atoms with E-state index < -0.39 is 16.6 Å². The Hall–Kier alpha value is -6.57. The van der Waals surface area contributed by atoms with Crippen molar-refractivity contribution in [2.45, 2.75) is 103 Å². The Morgan fingerprint density at radius 2 is 1.33 bits per heavy atom. The van der Waals surface area contributed by atoms with Crippen molar-refractivity contribution in [3.8, 4) is 17.2 Å². The molecule has 4 aliphatic rings. The smallest absolute Gasteiger partial charge is 0.307 e. The van der Waals surface area contributed by atoms with Crippen LogP contribution in [0.3, 0.4) is 0 Å². The Balaban J connectivity index is 0.987. The highest BCUT2D eigenvalue weighted by molar-refractivity contribution is 8.77. The van der Waals surface area contributed by atoms with E-state index in [2.05, 4.69) is 54.2 Å². The fourth-order valence-electron chi connectivity index (χ4n) is 11.3. The van der Waals surface area contributed by atoms with E-state index in [1.807, 2.05) is 77.4 Å². The number of carboxylic acids is 1. The second kappa shape index (κ2) is 27.5. The Morgan fingerprint density at radius 1 is 0.753 bits per heavy atom. The van der Waals surface area contributed by atoms with Crippen LogP contribution in [0.2, 0.25) is 0 Å². The number of ketones is 1. The van der Waals surface area contributed by atoms with Gasteiger partial charge in [0, 0.05) is 83.6 Å². The third-order valence-corrected chi connectivity index (χ3v) is 18.5. The van der Waals surface area contributed by atoms with Crippen molar-refractivity contribution >= 4 is 68.4 Å². The summed E-state index contributed by atoms with van der Waals surface area (Å²) in [5.74, 6) is -0.384. The van der Waals surface area contributed by atoms with Gasteiger partial charge in [0.05, 0.1) is 46.1 Å². The van der Waals surface area contributed by atoms with E-state index >= 15 is 0 Å². The van der Waals surface area contributed by atoms with Crippen molar-refractivity contribution in [1.29, 1.82) is 0 Å². The zero-order valence-electron chi connectivity index (χ0n) is 47.2. The molecule has 0 bridgehead atoms. The standard InChI is InChI=1S/C63H74N4O12S2/c1-7-64-79-38-52(68)32-48(62(71)72)39-80-81-63(3,4)40-65(20-21-75-24-25-76-23-22-73-5)51-28-42(36-77-57-33-44-16-18-49-30-46-12-8-10-14-55(46)66(49)60(69)53(44)26-41(57)2)27-43(29-51)37-78-59-34-45-17-19-50-31-47-13-9-11-15-56(47)67(50)61(70)54(45)35-58(59)74-6/h7-15,26-29,33-35,48-50H,16-25,30-32,36-40H2,1-6H3,(H,71,72)/t48?,49-,50-/m1/s1. The van der Waals surface area contributed by atoms with Crippen LogP contribution in [0.15, 0.2) is 96.2 Å². The van der Waals surface area contributed by atoms with Gasteiger partial charge < -0.3 is 53.1 Å². The number of hydrogen-bond donors (Lipinski definition) is 1. The Kier molecular flexibility index (Phi) is 20.0.